The van der Waals surface area contributed by atoms with Gasteiger partial charge in [0.15, 0.2) is 5.82 Å². The lowest BCUT2D eigenvalue weighted by Gasteiger charge is -2.15. The van der Waals surface area contributed by atoms with E-state index >= 15 is 0 Å². The summed E-state index contributed by atoms with van der Waals surface area (Å²) in [7, 11) is 0. The van der Waals surface area contributed by atoms with Crippen LogP contribution >= 0.6 is 23.1 Å². The number of hydrogen-bond donors (Lipinski definition) is 2. The van der Waals surface area contributed by atoms with E-state index in [0.717, 1.165) is 17.1 Å². The van der Waals surface area contributed by atoms with Crippen molar-refractivity contribution in [3.8, 4) is 10.7 Å². The molecule has 1 amide bonds. The highest BCUT2D eigenvalue weighted by atomic mass is 32.2. The third-order valence-corrected chi connectivity index (χ3v) is 5.64. The number of rotatable bonds is 7. The second-order valence-electron chi connectivity index (χ2n) is 5.61. The van der Waals surface area contributed by atoms with E-state index in [4.69, 9.17) is 0 Å². The Labute approximate surface area is 154 Å². The van der Waals surface area contributed by atoms with Gasteiger partial charge >= 0.3 is 0 Å². The molecule has 9 heteroatoms. The van der Waals surface area contributed by atoms with Gasteiger partial charge in [-0.2, -0.15) is 5.10 Å². The third kappa shape index (κ3) is 4.10. The van der Waals surface area contributed by atoms with Crippen LogP contribution < -0.4 is 5.32 Å². The van der Waals surface area contributed by atoms with E-state index in [0.29, 0.717) is 11.0 Å². The lowest BCUT2D eigenvalue weighted by molar-refractivity contribution is -0.115. The number of H-pyrrole nitrogens is 1. The zero-order valence-corrected chi connectivity index (χ0v) is 15.9. The van der Waals surface area contributed by atoms with Gasteiger partial charge in [0.25, 0.3) is 0 Å². The lowest BCUT2D eigenvalue weighted by Crippen LogP contribution is -2.24. The highest BCUT2D eigenvalue weighted by molar-refractivity contribution is 8.00. The monoisotopic (exact) mass is 376 g/mol. The van der Waals surface area contributed by atoms with Crippen molar-refractivity contribution < 1.29 is 4.79 Å². The summed E-state index contributed by atoms with van der Waals surface area (Å²) in [6, 6.07) is 5.98. The summed E-state index contributed by atoms with van der Waals surface area (Å²) in [6.07, 6.45) is 2.64. The Morgan fingerprint density at radius 1 is 1.44 bits per heavy atom. The molecular weight excluding hydrogens is 356 g/mol. The zero-order valence-electron chi connectivity index (χ0n) is 14.3. The van der Waals surface area contributed by atoms with Gasteiger partial charge in [-0.1, -0.05) is 24.8 Å². The van der Waals surface area contributed by atoms with Crippen LogP contribution in [0.2, 0.25) is 0 Å². The van der Waals surface area contributed by atoms with Crippen LogP contribution in [0.1, 0.15) is 33.2 Å². The predicted molar refractivity (Wildman–Crippen MR) is 101 cm³/mol. The maximum Gasteiger partial charge on any atom is 0.238 e. The molecule has 25 heavy (non-hydrogen) atoms. The fourth-order valence-electron chi connectivity index (χ4n) is 2.20. The lowest BCUT2D eigenvalue weighted by atomic mass is 10.3. The molecule has 2 atom stereocenters. The van der Waals surface area contributed by atoms with E-state index < -0.39 is 0 Å². The molecule has 3 heterocycles. The summed E-state index contributed by atoms with van der Waals surface area (Å²) >= 11 is 2.91. The van der Waals surface area contributed by atoms with Crippen molar-refractivity contribution in [3.63, 3.8) is 0 Å². The molecule has 0 aliphatic carbocycles. The molecule has 7 nitrogen and oxygen atoms in total. The van der Waals surface area contributed by atoms with E-state index in [9.17, 15) is 4.79 Å². The number of hydrogen-bond acceptors (Lipinski definition) is 6. The van der Waals surface area contributed by atoms with Crippen molar-refractivity contribution in [3.05, 3.63) is 29.8 Å². The van der Waals surface area contributed by atoms with Crippen LogP contribution in [0.5, 0.6) is 0 Å². The normalized spacial score (nSPS) is 13.6. The molecule has 0 unspecified atom stereocenters. The van der Waals surface area contributed by atoms with Crippen molar-refractivity contribution in [2.24, 2.45) is 0 Å². The van der Waals surface area contributed by atoms with Gasteiger partial charge in [0.05, 0.1) is 22.4 Å². The molecule has 132 valence electrons. The summed E-state index contributed by atoms with van der Waals surface area (Å²) < 4.78 is 1.83. The maximum atomic E-state index is 12.5. The highest BCUT2D eigenvalue weighted by Gasteiger charge is 2.19. The predicted octanol–water partition coefficient (Wildman–Crippen LogP) is 3.82. The van der Waals surface area contributed by atoms with E-state index in [-0.39, 0.29) is 17.2 Å². The fourth-order valence-corrected chi connectivity index (χ4v) is 3.59. The Morgan fingerprint density at radius 3 is 3.00 bits per heavy atom. The van der Waals surface area contributed by atoms with Crippen LogP contribution in [-0.4, -0.2) is 36.1 Å². The van der Waals surface area contributed by atoms with E-state index in [2.05, 4.69) is 39.4 Å². The Morgan fingerprint density at radius 2 is 2.28 bits per heavy atom. The minimum atomic E-state index is -0.327. The molecule has 0 aliphatic heterocycles. The molecule has 3 aromatic rings. The molecule has 3 aromatic heterocycles. The molecule has 0 saturated heterocycles. The number of nitrogens with one attached hydrogen (secondary N) is 2. The first-order valence-electron chi connectivity index (χ1n) is 8.05. The molecule has 0 aromatic carbocycles. The first kappa shape index (κ1) is 17.7. The van der Waals surface area contributed by atoms with Crippen molar-refractivity contribution in [1.82, 2.24) is 25.0 Å². The topological polar surface area (TPSA) is 88.5 Å². The molecule has 3 rings (SSSR count). The van der Waals surface area contributed by atoms with Crippen LogP contribution in [0, 0.1) is 0 Å². The summed E-state index contributed by atoms with van der Waals surface area (Å²) in [5.74, 6) is 1.33. The first-order valence-corrected chi connectivity index (χ1v) is 9.81. The van der Waals surface area contributed by atoms with Gasteiger partial charge in [-0.05, 0) is 31.7 Å². The summed E-state index contributed by atoms with van der Waals surface area (Å²) in [5.41, 5.74) is 0. The molecule has 0 aliphatic rings. The molecule has 0 saturated carbocycles. The van der Waals surface area contributed by atoms with Crippen LogP contribution in [0.25, 0.3) is 10.7 Å². The Hall–Kier alpha value is -2.13. The van der Waals surface area contributed by atoms with Crippen LogP contribution in [-0.2, 0) is 4.79 Å². The summed E-state index contributed by atoms with van der Waals surface area (Å²) in [5, 5.41) is 16.5. The summed E-state index contributed by atoms with van der Waals surface area (Å²) in [4.78, 5) is 17.9. The smallest absolute Gasteiger partial charge is 0.238 e. The minimum absolute atomic E-state index is 0.0995. The van der Waals surface area contributed by atoms with Crippen molar-refractivity contribution in [1.29, 1.82) is 0 Å². The summed E-state index contributed by atoms with van der Waals surface area (Å²) in [6.45, 7) is 6.00. The Kier molecular flexibility index (Phi) is 5.54. The Bertz CT molecular complexity index is 825. The molecule has 0 spiro atoms. The number of carbonyl (C=O) groups is 1. The van der Waals surface area contributed by atoms with Gasteiger partial charge < -0.3 is 5.32 Å². The van der Waals surface area contributed by atoms with E-state index in [1.54, 1.807) is 17.5 Å². The van der Waals surface area contributed by atoms with Gasteiger partial charge in [-0.25, -0.2) is 9.67 Å². The number of amides is 1. The maximum absolute atomic E-state index is 12.5. The van der Waals surface area contributed by atoms with Crippen LogP contribution in [0.15, 0.2) is 34.9 Å². The molecule has 2 N–H and O–H groups in total. The number of aromatic nitrogens is 5. The fraction of sp³-hybridized carbons (Fsp3) is 0.375. The molecule has 0 bridgehead atoms. The Balaban J connectivity index is 1.63. The van der Waals surface area contributed by atoms with Crippen LogP contribution in [0.4, 0.5) is 5.82 Å². The number of anilines is 1. The largest absolute Gasteiger partial charge is 0.310 e. The highest BCUT2D eigenvalue weighted by Crippen LogP contribution is 2.26. The molecule has 0 fully saturated rings. The molecule has 0 radical (unpaired) electrons. The number of thiophene rings is 1. The van der Waals surface area contributed by atoms with Crippen molar-refractivity contribution >= 4 is 34.8 Å². The standard InChI is InChI=1S/C16H20N6OS2/c1-4-10(2)22-13(7-8-17-22)18-15(23)11(3)25-16-19-14(20-21-16)12-6-5-9-24-12/h5-11H,4H2,1-3H3,(H,18,23)(H,19,20,21)/t10-,11-/m0/s1. The van der Waals surface area contributed by atoms with E-state index in [1.807, 2.05) is 35.2 Å². The second-order valence-corrected chi connectivity index (χ2v) is 7.87. The molecular formula is C16H20N6OS2. The van der Waals surface area contributed by atoms with Gasteiger partial charge in [0.2, 0.25) is 11.1 Å². The average molecular weight is 377 g/mol. The number of nitrogens with zero attached hydrogens (tertiary/aromatic N) is 4. The van der Waals surface area contributed by atoms with Gasteiger partial charge in [0.1, 0.15) is 5.82 Å². The number of carbonyl (C=O) groups excluding carboxylic acids is 1. The quantitative estimate of drug-likeness (QED) is 0.612. The number of aromatic amines is 1. The first-order chi connectivity index (χ1) is 12.1. The zero-order chi connectivity index (χ0) is 17.8. The van der Waals surface area contributed by atoms with E-state index in [1.165, 1.54) is 11.8 Å². The van der Waals surface area contributed by atoms with Gasteiger partial charge in [-0.3, -0.25) is 9.89 Å². The third-order valence-electron chi connectivity index (χ3n) is 3.80. The van der Waals surface area contributed by atoms with Gasteiger partial charge in [-0.15, -0.1) is 16.4 Å². The number of thioether (sulfide) groups is 1. The van der Waals surface area contributed by atoms with Gasteiger partial charge in [0, 0.05) is 6.07 Å². The van der Waals surface area contributed by atoms with Crippen LogP contribution in [0.3, 0.4) is 0 Å². The average Bonchev–Trinajstić information content (AvgIpc) is 3.34. The SMILES string of the molecule is CC[C@H](C)n1nccc1NC(=O)[C@H](C)Sc1n[nH]c(-c2cccs2)n1. The van der Waals surface area contributed by atoms with Crippen molar-refractivity contribution in [2.45, 2.75) is 43.6 Å². The van der Waals surface area contributed by atoms with Crippen molar-refractivity contribution in [2.75, 3.05) is 5.32 Å². The minimum Gasteiger partial charge on any atom is -0.310 e. The second kappa shape index (κ2) is 7.83.